The van der Waals surface area contributed by atoms with Crippen LogP contribution in [0.25, 0.3) is 0 Å². The van der Waals surface area contributed by atoms with E-state index in [1.165, 1.54) is 6.07 Å². The number of aryl methyl sites for hydroxylation is 1. The minimum absolute atomic E-state index is 0.189. The standard InChI is InChI=1S/C9H8FNO/c1-6-4-7(2-3-11)5-8(12)9(6)10/h4-5,12H,2H2,1H3. The van der Waals surface area contributed by atoms with E-state index in [0.29, 0.717) is 11.1 Å². The molecule has 0 spiro atoms. The topological polar surface area (TPSA) is 44.0 Å². The Labute approximate surface area is 69.9 Å². The third kappa shape index (κ3) is 1.54. The molecule has 0 aliphatic carbocycles. The van der Waals surface area contributed by atoms with Gasteiger partial charge in [0.15, 0.2) is 11.6 Å². The van der Waals surface area contributed by atoms with Crippen molar-refractivity contribution in [3.8, 4) is 11.8 Å². The first kappa shape index (κ1) is 8.54. The number of hydrogen-bond donors (Lipinski definition) is 1. The molecule has 0 aromatic heterocycles. The quantitative estimate of drug-likeness (QED) is 0.690. The fraction of sp³-hybridized carbons (Fsp3) is 0.222. The van der Waals surface area contributed by atoms with Crippen LogP contribution in [-0.4, -0.2) is 5.11 Å². The normalized spacial score (nSPS) is 9.42. The predicted molar refractivity (Wildman–Crippen MR) is 42.1 cm³/mol. The highest BCUT2D eigenvalue weighted by Crippen LogP contribution is 2.20. The van der Waals surface area contributed by atoms with Crippen LogP contribution in [0.4, 0.5) is 4.39 Å². The molecule has 1 aromatic rings. The highest BCUT2D eigenvalue weighted by Gasteiger charge is 2.05. The van der Waals surface area contributed by atoms with E-state index in [1.807, 2.05) is 6.07 Å². The highest BCUT2D eigenvalue weighted by molar-refractivity contribution is 5.35. The Balaban J connectivity index is 3.14. The maximum atomic E-state index is 12.8. The van der Waals surface area contributed by atoms with Crippen molar-refractivity contribution in [2.75, 3.05) is 0 Å². The molecule has 2 nitrogen and oxygen atoms in total. The summed E-state index contributed by atoms with van der Waals surface area (Å²) in [5.74, 6) is -1.00. The van der Waals surface area contributed by atoms with Gasteiger partial charge in [0.1, 0.15) is 0 Å². The van der Waals surface area contributed by atoms with Crippen molar-refractivity contribution < 1.29 is 9.50 Å². The molecular formula is C9H8FNO. The summed E-state index contributed by atoms with van der Waals surface area (Å²) in [5, 5.41) is 17.4. The molecule has 0 unspecified atom stereocenters. The number of benzene rings is 1. The second kappa shape index (κ2) is 3.22. The van der Waals surface area contributed by atoms with E-state index in [4.69, 9.17) is 10.4 Å². The Morgan fingerprint density at radius 1 is 1.58 bits per heavy atom. The molecule has 0 heterocycles. The van der Waals surface area contributed by atoms with Crippen molar-refractivity contribution in [1.82, 2.24) is 0 Å². The van der Waals surface area contributed by atoms with Gasteiger partial charge in [0, 0.05) is 0 Å². The number of nitriles is 1. The van der Waals surface area contributed by atoms with Gasteiger partial charge < -0.3 is 5.11 Å². The first-order valence-corrected chi connectivity index (χ1v) is 3.50. The molecule has 62 valence electrons. The molecule has 0 radical (unpaired) electrons. The number of phenols is 1. The summed E-state index contributed by atoms with van der Waals surface area (Å²) >= 11 is 0. The fourth-order valence-electron chi connectivity index (χ4n) is 1.02. The molecule has 1 rings (SSSR count). The zero-order valence-corrected chi connectivity index (χ0v) is 6.63. The average Bonchev–Trinajstić information content (AvgIpc) is 2.01. The van der Waals surface area contributed by atoms with Crippen molar-refractivity contribution in [3.05, 3.63) is 29.1 Å². The van der Waals surface area contributed by atoms with Crippen LogP contribution in [-0.2, 0) is 6.42 Å². The van der Waals surface area contributed by atoms with Gasteiger partial charge in [0.25, 0.3) is 0 Å². The first-order valence-electron chi connectivity index (χ1n) is 3.50. The second-order valence-electron chi connectivity index (χ2n) is 2.58. The summed E-state index contributed by atoms with van der Waals surface area (Å²) in [6.45, 7) is 1.55. The van der Waals surface area contributed by atoms with E-state index in [-0.39, 0.29) is 12.2 Å². The Morgan fingerprint density at radius 2 is 2.25 bits per heavy atom. The van der Waals surface area contributed by atoms with E-state index in [1.54, 1.807) is 13.0 Å². The maximum absolute atomic E-state index is 12.8. The van der Waals surface area contributed by atoms with Crippen LogP contribution in [0.1, 0.15) is 11.1 Å². The van der Waals surface area contributed by atoms with E-state index in [2.05, 4.69) is 0 Å². The Morgan fingerprint density at radius 3 is 2.75 bits per heavy atom. The summed E-state index contributed by atoms with van der Waals surface area (Å²) in [4.78, 5) is 0. The molecule has 0 saturated carbocycles. The first-order chi connectivity index (χ1) is 5.65. The van der Waals surface area contributed by atoms with Crippen LogP contribution < -0.4 is 0 Å². The van der Waals surface area contributed by atoms with Crippen LogP contribution in [0.15, 0.2) is 12.1 Å². The number of rotatable bonds is 1. The Bertz CT molecular complexity index is 318. The van der Waals surface area contributed by atoms with E-state index >= 15 is 0 Å². The second-order valence-corrected chi connectivity index (χ2v) is 2.58. The molecule has 0 aliphatic rings. The van der Waals surface area contributed by atoms with Crippen LogP contribution in [0.2, 0.25) is 0 Å². The third-order valence-electron chi connectivity index (χ3n) is 1.58. The molecule has 12 heavy (non-hydrogen) atoms. The molecular weight excluding hydrogens is 157 g/mol. The lowest BCUT2D eigenvalue weighted by Gasteiger charge is -2.01. The van der Waals surface area contributed by atoms with Crippen LogP contribution in [0.5, 0.6) is 5.75 Å². The van der Waals surface area contributed by atoms with Crippen molar-refractivity contribution in [1.29, 1.82) is 5.26 Å². The number of nitrogens with zero attached hydrogens (tertiary/aromatic N) is 1. The lowest BCUT2D eigenvalue weighted by molar-refractivity contribution is 0.429. The SMILES string of the molecule is Cc1cc(CC#N)cc(O)c1F. The number of hydrogen-bond acceptors (Lipinski definition) is 2. The zero-order valence-electron chi connectivity index (χ0n) is 6.63. The van der Waals surface area contributed by atoms with E-state index < -0.39 is 5.82 Å². The lowest BCUT2D eigenvalue weighted by Crippen LogP contribution is -1.88. The van der Waals surface area contributed by atoms with Gasteiger partial charge in [0.2, 0.25) is 0 Å². The van der Waals surface area contributed by atoms with Crippen LogP contribution in [0.3, 0.4) is 0 Å². The maximum Gasteiger partial charge on any atom is 0.167 e. The van der Waals surface area contributed by atoms with Gasteiger partial charge in [-0.2, -0.15) is 5.26 Å². The molecule has 0 atom stereocenters. The van der Waals surface area contributed by atoms with E-state index in [9.17, 15) is 4.39 Å². The van der Waals surface area contributed by atoms with Crippen LogP contribution >= 0.6 is 0 Å². The molecule has 0 saturated heterocycles. The molecule has 0 fully saturated rings. The minimum atomic E-state index is -0.614. The smallest absolute Gasteiger partial charge is 0.167 e. The van der Waals surface area contributed by atoms with Gasteiger partial charge in [-0.05, 0) is 24.1 Å². The summed E-state index contributed by atoms with van der Waals surface area (Å²) in [5.41, 5.74) is 0.995. The monoisotopic (exact) mass is 165 g/mol. The van der Waals surface area contributed by atoms with E-state index in [0.717, 1.165) is 0 Å². The lowest BCUT2D eigenvalue weighted by atomic mass is 10.1. The average molecular weight is 165 g/mol. The minimum Gasteiger partial charge on any atom is -0.505 e. The molecule has 3 heteroatoms. The van der Waals surface area contributed by atoms with Crippen LogP contribution in [0, 0.1) is 24.1 Å². The van der Waals surface area contributed by atoms with Crippen molar-refractivity contribution in [2.45, 2.75) is 13.3 Å². The molecule has 0 amide bonds. The fourth-order valence-corrected chi connectivity index (χ4v) is 1.02. The van der Waals surface area contributed by atoms with Gasteiger partial charge >= 0.3 is 0 Å². The molecule has 0 aliphatic heterocycles. The summed E-state index contributed by atoms with van der Waals surface area (Å²) in [6, 6.07) is 4.75. The highest BCUT2D eigenvalue weighted by atomic mass is 19.1. The summed E-state index contributed by atoms with van der Waals surface area (Å²) in [7, 11) is 0. The zero-order chi connectivity index (χ0) is 9.14. The van der Waals surface area contributed by atoms with Gasteiger partial charge in [0.05, 0.1) is 12.5 Å². The largest absolute Gasteiger partial charge is 0.505 e. The summed E-state index contributed by atoms with van der Waals surface area (Å²) in [6.07, 6.45) is 0.189. The number of halogens is 1. The molecule has 1 aromatic carbocycles. The van der Waals surface area contributed by atoms with Crippen molar-refractivity contribution >= 4 is 0 Å². The molecule has 1 N–H and O–H groups in total. The Kier molecular flexibility index (Phi) is 2.29. The van der Waals surface area contributed by atoms with Crippen molar-refractivity contribution in [2.24, 2.45) is 0 Å². The molecule has 0 bridgehead atoms. The van der Waals surface area contributed by atoms with Gasteiger partial charge in [-0.25, -0.2) is 4.39 Å². The van der Waals surface area contributed by atoms with Crippen molar-refractivity contribution in [3.63, 3.8) is 0 Å². The summed E-state index contributed by atoms with van der Waals surface area (Å²) < 4.78 is 12.8. The number of phenolic OH excluding ortho intramolecular Hbond substituents is 1. The van der Waals surface area contributed by atoms with Gasteiger partial charge in [-0.1, -0.05) is 6.07 Å². The van der Waals surface area contributed by atoms with Gasteiger partial charge in [-0.3, -0.25) is 0 Å². The Hall–Kier alpha value is -1.56. The predicted octanol–water partition coefficient (Wildman–Crippen LogP) is 1.91. The van der Waals surface area contributed by atoms with Gasteiger partial charge in [-0.15, -0.1) is 0 Å². The third-order valence-corrected chi connectivity index (χ3v) is 1.58. The number of aromatic hydroxyl groups is 1.